The molecule has 0 nitrogen and oxygen atoms in total. The highest BCUT2D eigenvalue weighted by molar-refractivity contribution is 5.80. The van der Waals surface area contributed by atoms with Gasteiger partial charge in [-0.2, -0.15) is 0 Å². The summed E-state index contributed by atoms with van der Waals surface area (Å²) >= 11 is 0. The van der Waals surface area contributed by atoms with Gasteiger partial charge in [0.1, 0.15) is 0 Å². The van der Waals surface area contributed by atoms with Crippen LogP contribution in [0.1, 0.15) is 180 Å². The van der Waals surface area contributed by atoms with Crippen molar-refractivity contribution in [1.29, 1.82) is 0 Å². The summed E-state index contributed by atoms with van der Waals surface area (Å²) in [7, 11) is 0. The Labute approximate surface area is 280 Å². The van der Waals surface area contributed by atoms with Gasteiger partial charge >= 0.3 is 0 Å². The molecule has 0 radical (unpaired) electrons. The highest BCUT2D eigenvalue weighted by Gasteiger charge is 2.38. The first kappa shape index (κ1) is 6.68. The molecule has 0 aliphatic heterocycles. The van der Waals surface area contributed by atoms with Gasteiger partial charge in [0, 0.05) is 43.9 Å². The Kier molecular flexibility index (Phi) is 1.55. The molecule has 0 heteroatoms. The Morgan fingerprint density at radius 1 is 0.622 bits per heavy atom. The lowest BCUT2D eigenvalue weighted by Crippen LogP contribution is -2.33. The van der Waals surface area contributed by atoms with Crippen LogP contribution in [-0.4, -0.2) is 0 Å². The van der Waals surface area contributed by atoms with E-state index in [0.29, 0.717) is 0 Å². The first-order chi connectivity index (χ1) is 32.8. The van der Waals surface area contributed by atoms with Crippen LogP contribution in [0.2, 0.25) is 0 Å². The van der Waals surface area contributed by atoms with Gasteiger partial charge in [0.15, 0.2) is 0 Å². The zero-order chi connectivity index (χ0) is 59.4. The molecule has 0 saturated heterocycles. The van der Waals surface area contributed by atoms with Crippen LogP contribution in [0.3, 0.4) is 0 Å². The van der Waals surface area contributed by atoms with E-state index in [1.165, 1.54) is 13.8 Å². The third-order valence-corrected chi connectivity index (χ3v) is 6.22. The zero-order valence-electron chi connectivity index (χ0n) is 57.8. The molecule has 0 fully saturated rings. The number of benzene rings is 3. The molecule has 0 amide bonds. The normalized spacial score (nSPS) is 44.1. The number of hydrogen-bond donors (Lipinski definition) is 0. The maximum Gasteiger partial charge on any atom is 0.0632 e. The van der Waals surface area contributed by atoms with Crippen LogP contribution in [0.15, 0.2) is 54.5 Å². The Morgan fingerprint density at radius 2 is 1.00 bits per heavy atom. The van der Waals surface area contributed by atoms with E-state index in [1.54, 1.807) is 0 Å². The van der Waals surface area contributed by atoms with Crippen molar-refractivity contribution >= 4 is 0 Å². The third-order valence-electron chi connectivity index (χ3n) is 6.22. The summed E-state index contributed by atoms with van der Waals surface area (Å²) in [5, 5.41) is 0. The lowest BCUT2D eigenvalue weighted by Gasteiger charge is -2.42. The van der Waals surface area contributed by atoms with E-state index in [2.05, 4.69) is 0 Å². The molecule has 2 aliphatic carbocycles. The predicted molar refractivity (Wildman–Crippen MR) is 162 cm³/mol. The molecule has 0 spiro atoms. The minimum Gasteiger partial charge on any atom is -0.0610 e. The largest absolute Gasteiger partial charge is 0.0632 e. The Hall–Kier alpha value is -2.34. The van der Waals surface area contributed by atoms with Crippen molar-refractivity contribution in [3.8, 4) is 22.3 Å². The number of hydrogen-bond acceptors (Lipinski definition) is 0. The zero-order valence-corrected chi connectivity index (χ0v) is 19.8. The Bertz CT molecular complexity index is 2570. The van der Waals surface area contributed by atoms with Crippen molar-refractivity contribution in [1.82, 2.24) is 0 Å². The van der Waals surface area contributed by atoms with Gasteiger partial charge in [0.2, 0.25) is 0 Å². The molecule has 3 aromatic rings. The fourth-order valence-corrected chi connectivity index (χ4v) is 4.46. The summed E-state index contributed by atoms with van der Waals surface area (Å²) in [6.07, 6.45) is -18.8. The Balaban J connectivity index is 2.27. The second-order valence-electron chi connectivity index (χ2n) is 9.42. The highest BCUT2D eigenvalue weighted by atomic mass is 14.4. The third kappa shape index (κ3) is 4.39. The van der Waals surface area contributed by atoms with Crippen LogP contribution < -0.4 is 0 Å². The SMILES string of the molecule is [2H]c1c([2H])c2c(c([2H])c1-c1cccc(-c3c([2H])c([2H])c4c(c3[2H])C(C([2H])([2H])[2H])(C([2H])([2H])[2H])C([2H])([2H])C([2H])([2H])C4(C([2H])([2H])[2H])C([2H])([2H])[2H])c1C(C)C)C(C([2H])([2H])[2H])(C([2H])([2H])[2H])C([2H])([2H])C([2H])([2H])C2(C([2H])([2H])[2H])C([2H])([2H])[2H]. The predicted octanol–water partition coefficient (Wildman–Crippen LogP) is 10.8. The van der Waals surface area contributed by atoms with Crippen molar-refractivity contribution < 1.29 is 52.1 Å². The van der Waals surface area contributed by atoms with E-state index >= 15 is 0 Å². The summed E-state index contributed by atoms with van der Waals surface area (Å²) in [6, 6.07) is -7.00. The molecule has 0 bridgehead atoms. The standard InChI is InChI=1S/C37H48/c1-24(2)33-27(25-14-16-29-31(22-25)36(7,8)20-18-34(29,3)4)12-11-13-28(33)26-15-17-30-32(23-26)37(9,10)21-19-35(30,5)6/h11-17,22-24H,18-21H2,1-10H3/i3D3,4D3,5D3,6D3,7D3,8D3,9D3,10D3,14D,15D,16D,17D,18D2,19D2,20D2,21D2,22D,23D. The fourth-order valence-electron chi connectivity index (χ4n) is 4.46. The summed E-state index contributed by atoms with van der Waals surface area (Å²) < 4.78 is 336. The summed E-state index contributed by atoms with van der Waals surface area (Å²) in [6.45, 7) is -32.9. The summed E-state index contributed by atoms with van der Waals surface area (Å²) in [5.41, 5.74) is -29.6. The van der Waals surface area contributed by atoms with Crippen LogP contribution >= 0.6 is 0 Å². The first-order valence-electron chi connectivity index (χ1n) is 30.2. The maximum absolute atomic E-state index is 9.72. The molecule has 3 aromatic carbocycles. The van der Waals surface area contributed by atoms with E-state index in [-0.39, 0.29) is 0 Å². The van der Waals surface area contributed by atoms with E-state index < -0.39 is 194 Å². The van der Waals surface area contributed by atoms with Crippen molar-refractivity contribution in [3.05, 3.63) is 82.3 Å². The smallest absolute Gasteiger partial charge is 0.0610 e. The lowest BCUT2D eigenvalue weighted by molar-refractivity contribution is 0.332. The quantitative estimate of drug-likeness (QED) is 0.316. The van der Waals surface area contributed by atoms with Crippen molar-refractivity contribution in [2.24, 2.45) is 0 Å². The minimum absolute atomic E-state index is 0.499. The molecule has 0 unspecified atom stereocenters. The van der Waals surface area contributed by atoms with Crippen molar-refractivity contribution in [2.75, 3.05) is 0 Å². The van der Waals surface area contributed by atoms with Crippen LogP contribution in [0.5, 0.6) is 0 Å². The molecule has 0 atom stereocenters. The maximum atomic E-state index is 9.72. The molecular formula is C37H48. The first-order valence-corrected chi connectivity index (χ1v) is 11.2. The van der Waals surface area contributed by atoms with Crippen LogP contribution in [0, 0.1) is 0 Å². The van der Waals surface area contributed by atoms with E-state index in [0.717, 1.165) is 18.2 Å². The minimum atomic E-state index is -4.72. The monoisotopic (exact) mass is 531 g/mol. The van der Waals surface area contributed by atoms with Crippen LogP contribution in [0.4, 0.5) is 0 Å². The molecule has 0 aromatic heterocycles. The molecule has 0 saturated carbocycles. The van der Waals surface area contributed by atoms with E-state index in [1.807, 2.05) is 0 Å². The second-order valence-corrected chi connectivity index (χ2v) is 9.42. The average Bonchev–Trinajstić information content (AvgIpc) is 3.13. The summed E-state index contributed by atoms with van der Waals surface area (Å²) in [4.78, 5) is 0. The van der Waals surface area contributed by atoms with E-state index in [4.69, 9.17) is 38.4 Å². The van der Waals surface area contributed by atoms with Gasteiger partial charge in [-0.15, -0.1) is 0 Å². The number of rotatable bonds is 3. The molecular weight excluding hydrogens is 444 g/mol. The van der Waals surface area contributed by atoms with Gasteiger partial charge in [-0.25, -0.2) is 0 Å². The molecule has 0 heterocycles. The molecule has 5 rings (SSSR count). The van der Waals surface area contributed by atoms with Gasteiger partial charge < -0.3 is 0 Å². The summed E-state index contributed by atoms with van der Waals surface area (Å²) in [5.74, 6) is -1.26. The average molecular weight is 531 g/mol. The second kappa shape index (κ2) is 8.59. The van der Waals surface area contributed by atoms with Gasteiger partial charge in [-0.3, -0.25) is 0 Å². The fraction of sp³-hybridized carbons (Fsp3) is 0.514. The van der Waals surface area contributed by atoms with Gasteiger partial charge in [0.25, 0.3) is 0 Å². The lowest BCUT2D eigenvalue weighted by atomic mass is 9.62. The molecule has 2 aliphatic rings. The van der Waals surface area contributed by atoms with Gasteiger partial charge in [-0.1, -0.05) is 123 Å². The van der Waals surface area contributed by atoms with Gasteiger partial charge in [0.05, 0.1) is 8.22 Å². The van der Waals surface area contributed by atoms with Crippen LogP contribution in [-0.2, 0) is 21.7 Å². The Morgan fingerprint density at radius 3 is 1.35 bits per heavy atom. The van der Waals surface area contributed by atoms with Gasteiger partial charge in [-0.05, 0) is 103 Å². The topological polar surface area (TPSA) is 0 Å². The van der Waals surface area contributed by atoms with Crippen molar-refractivity contribution in [3.63, 3.8) is 0 Å². The molecule has 196 valence electrons. The molecule has 37 heavy (non-hydrogen) atoms. The van der Waals surface area contributed by atoms with Crippen LogP contribution in [0.25, 0.3) is 22.3 Å². The van der Waals surface area contributed by atoms with E-state index in [9.17, 15) is 13.7 Å². The number of fused-ring (bicyclic) bond motifs is 2. The highest BCUT2D eigenvalue weighted by Crippen LogP contribution is 2.49. The van der Waals surface area contributed by atoms with Crippen molar-refractivity contribution in [2.45, 2.75) is 122 Å². The molecule has 0 N–H and O–H groups in total.